The number of hydrogen-bond acceptors (Lipinski definition) is 4. The summed E-state index contributed by atoms with van der Waals surface area (Å²) in [7, 11) is 0. The summed E-state index contributed by atoms with van der Waals surface area (Å²) in [5, 5.41) is 8.31. The van der Waals surface area contributed by atoms with Gasteiger partial charge in [-0.05, 0) is 67.3 Å². The van der Waals surface area contributed by atoms with Crippen molar-refractivity contribution in [1.29, 1.82) is 0 Å². The van der Waals surface area contributed by atoms with Crippen LogP contribution >= 0.6 is 11.6 Å². The molecule has 0 unspecified atom stereocenters. The van der Waals surface area contributed by atoms with Gasteiger partial charge in [0.2, 0.25) is 5.88 Å². The van der Waals surface area contributed by atoms with Crippen molar-refractivity contribution in [2.45, 2.75) is 32.6 Å². The molecule has 0 bridgehead atoms. The largest absolute Gasteiger partial charge is 0.407 e. The summed E-state index contributed by atoms with van der Waals surface area (Å²) in [5.41, 5.74) is 5.60. The fourth-order valence-corrected chi connectivity index (χ4v) is 4.27. The zero-order chi connectivity index (χ0) is 24.5. The molecule has 1 fully saturated rings. The lowest BCUT2D eigenvalue weighted by Gasteiger charge is -2.11. The summed E-state index contributed by atoms with van der Waals surface area (Å²) in [4.78, 5) is 24.7. The maximum Gasteiger partial charge on any atom is 0.309 e. The number of ether oxygens (including phenoxy) is 1. The topological polar surface area (TPSA) is 73.2 Å². The Hall–Kier alpha value is -3.90. The maximum absolute atomic E-state index is 12.6. The van der Waals surface area contributed by atoms with Crippen LogP contribution in [0.25, 0.3) is 16.8 Å². The number of amides is 1. The minimum atomic E-state index is -0.409. The molecular weight excluding hydrogens is 462 g/mol. The number of anilines is 1. The van der Waals surface area contributed by atoms with Crippen molar-refractivity contribution in [3.8, 4) is 22.7 Å². The van der Waals surface area contributed by atoms with E-state index in [9.17, 15) is 9.59 Å². The molecule has 0 spiro atoms. The molecule has 7 heteroatoms. The van der Waals surface area contributed by atoms with E-state index in [1.54, 1.807) is 28.9 Å². The van der Waals surface area contributed by atoms with E-state index < -0.39 is 5.97 Å². The SMILES string of the molecule is CC(=O)Oc1c(-c2ccc(NC(=O)c3cccc(Cl)c3)cc2)c(C2CC2)nn1-c1ccccc1C. The number of carbonyl (C=O) groups is 2. The van der Waals surface area contributed by atoms with E-state index in [1.807, 2.05) is 55.5 Å². The highest BCUT2D eigenvalue weighted by Crippen LogP contribution is 2.48. The molecule has 1 N–H and O–H groups in total. The van der Waals surface area contributed by atoms with Crippen LogP contribution in [-0.2, 0) is 4.79 Å². The van der Waals surface area contributed by atoms with E-state index in [0.29, 0.717) is 28.1 Å². The smallest absolute Gasteiger partial charge is 0.309 e. The van der Waals surface area contributed by atoms with Crippen molar-refractivity contribution in [2.24, 2.45) is 0 Å². The second-order valence-corrected chi connectivity index (χ2v) is 9.11. The van der Waals surface area contributed by atoms with Crippen molar-refractivity contribution in [3.63, 3.8) is 0 Å². The Bertz CT molecular complexity index is 1420. The lowest BCUT2D eigenvalue weighted by atomic mass is 10.0. The molecule has 6 nitrogen and oxygen atoms in total. The van der Waals surface area contributed by atoms with Gasteiger partial charge in [0.25, 0.3) is 5.91 Å². The number of carbonyl (C=O) groups excluding carboxylic acids is 2. The Labute approximate surface area is 208 Å². The van der Waals surface area contributed by atoms with Crippen LogP contribution < -0.4 is 10.1 Å². The molecule has 176 valence electrons. The maximum atomic E-state index is 12.6. The lowest BCUT2D eigenvalue weighted by Crippen LogP contribution is -2.11. The van der Waals surface area contributed by atoms with Crippen molar-refractivity contribution in [1.82, 2.24) is 9.78 Å². The summed E-state index contributed by atoms with van der Waals surface area (Å²) in [6, 6.07) is 22.1. The molecule has 0 radical (unpaired) electrons. The first kappa shape index (κ1) is 22.9. The van der Waals surface area contributed by atoms with Crippen LogP contribution in [0.15, 0.2) is 72.8 Å². The van der Waals surface area contributed by atoms with Gasteiger partial charge >= 0.3 is 5.97 Å². The van der Waals surface area contributed by atoms with E-state index in [1.165, 1.54) is 6.92 Å². The fraction of sp³-hybridized carbons (Fsp3) is 0.179. The van der Waals surface area contributed by atoms with Gasteiger partial charge in [-0.3, -0.25) is 9.59 Å². The summed E-state index contributed by atoms with van der Waals surface area (Å²) in [5.74, 6) is 0.0804. The van der Waals surface area contributed by atoms with Crippen LogP contribution in [0.2, 0.25) is 5.02 Å². The first-order valence-electron chi connectivity index (χ1n) is 11.5. The van der Waals surface area contributed by atoms with E-state index in [0.717, 1.165) is 40.9 Å². The standard InChI is InChI=1S/C28H24ClN3O3/c1-17-6-3-4-9-24(17)32-28(35-18(2)33)25(26(31-32)20-10-11-20)19-12-14-23(15-13-19)30-27(34)21-7-5-8-22(29)16-21/h3-9,12-16,20H,10-11H2,1-2H3,(H,30,34). The summed E-state index contributed by atoms with van der Waals surface area (Å²) in [6.07, 6.45) is 2.09. The number of aromatic nitrogens is 2. The number of aryl methyl sites for hydroxylation is 1. The van der Waals surface area contributed by atoms with Crippen LogP contribution in [0.5, 0.6) is 5.88 Å². The summed E-state index contributed by atoms with van der Waals surface area (Å²) < 4.78 is 7.47. The van der Waals surface area contributed by atoms with Gasteiger partial charge in [0.15, 0.2) is 0 Å². The fourth-order valence-electron chi connectivity index (χ4n) is 4.08. The number of rotatable bonds is 6. The van der Waals surface area contributed by atoms with Gasteiger partial charge in [-0.15, -0.1) is 0 Å². The lowest BCUT2D eigenvalue weighted by molar-refractivity contribution is -0.132. The molecule has 1 heterocycles. The van der Waals surface area contributed by atoms with Gasteiger partial charge in [0.1, 0.15) is 0 Å². The van der Waals surface area contributed by atoms with E-state index in [2.05, 4.69) is 5.32 Å². The van der Waals surface area contributed by atoms with Crippen LogP contribution in [-0.4, -0.2) is 21.7 Å². The third-order valence-electron chi connectivity index (χ3n) is 5.94. The first-order valence-corrected chi connectivity index (χ1v) is 11.8. The molecule has 3 aromatic carbocycles. The van der Waals surface area contributed by atoms with Gasteiger partial charge < -0.3 is 10.1 Å². The van der Waals surface area contributed by atoms with Gasteiger partial charge in [0, 0.05) is 29.1 Å². The molecule has 1 aromatic heterocycles. The average molecular weight is 486 g/mol. The van der Waals surface area contributed by atoms with Gasteiger partial charge in [0.05, 0.1) is 16.9 Å². The third kappa shape index (κ3) is 4.84. The molecular formula is C28H24ClN3O3. The highest BCUT2D eigenvalue weighted by atomic mass is 35.5. The molecule has 0 saturated heterocycles. The van der Waals surface area contributed by atoms with Gasteiger partial charge in [-0.25, -0.2) is 0 Å². The summed E-state index contributed by atoms with van der Waals surface area (Å²) >= 11 is 6.01. The molecule has 1 amide bonds. The predicted octanol–water partition coefficient (Wildman–Crippen LogP) is 6.56. The zero-order valence-electron chi connectivity index (χ0n) is 19.4. The number of halogens is 1. The van der Waals surface area contributed by atoms with E-state index in [-0.39, 0.29) is 5.91 Å². The molecule has 0 atom stereocenters. The summed E-state index contributed by atoms with van der Waals surface area (Å²) in [6.45, 7) is 3.40. The second-order valence-electron chi connectivity index (χ2n) is 8.67. The molecule has 4 aromatic rings. The Balaban J connectivity index is 1.53. The second kappa shape index (κ2) is 9.39. The molecule has 1 aliphatic carbocycles. The van der Waals surface area contributed by atoms with E-state index in [4.69, 9.17) is 21.4 Å². The molecule has 1 saturated carbocycles. The Morgan fingerprint density at radius 3 is 2.43 bits per heavy atom. The monoisotopic (exact) mass is 485 g/mol. The predicted molar refractivity (Wildman–Crippen MR) is 136 cm³/mol. The number of para-hydroxylation sites is 1. The van der Waals surface area contributed by atoms with Crippen LogP contribution in [0.4, 0.5) is 5.69 Å². The number of hydrogen-bond donors (Lipinski definition) is 1. The number of esters is 1. The van der Waals surface area contributed by atoms with E-state index >= 15 is 0 Å². The third-order valence-corrected chi connectivity index (χ3v) is 6.17. The number of nitrogens with zero attached hydrogens (tertiary/aromatic N) is 2. The molecule has 5 rings (SSSR count). The Morgan fingerprint density at radius 2 is 1.77 bits per heavy atom. The molecule has 35 heavy (non-hydrogen) atoms. The highest BCUT2D eigenvalue weighted by molar-refractivity contribution is 6.31. The molecule has 1 aliphatic rings. The molecule has 0 aliphatic heterocycles. The van der Waals surface area contributed by atoms with Gasteiger partial charge in [-0.2, -0.15) is 9.78 Å². The van der Waals surface area contributed by atoms with Gasteiger partial charge in [-0.1, -0.05) is 48.0 Å². The zero-order valence-corrected chi connectivity index (χ0v) is 20.2. The van der Waals surface area contributed by atoms with Crippen LogP contribution in [0.3, 0.4) is 0 Å². The van der Waals surface area contributed by atoms with Crippen molar-refractivity contribution >= 4 is 29.2 Å². The Kier molecular flexibility index (Phi) is 6.14. The quantitative estimate of drug-likeness (QED) is 0.314. The van der Waals surface area contributed by atoms with Crippen molar-refractivity contribution in [2.75, 3.05) is 5.32 Å². The van der Waals surface area contributed by atoms with Crippen molar-refractivity contribution in [3.05, 3.63) is 94.6 Å². The highest BCUT2D eigenvalue weighted by Gasteiger charge is 2.34. The van der Waals surface area contributed by atoms with Crippen LogP contribution in [0.1, 0.15) is 47.3 Å². The minimum absolute atomic E-state index is 0.244. The minimum Gasteiger partial charge on any atom is -0.407 e. The first-order chi connectivity index (χ1) is 16.9. The average Bonchev–Trinajstić information content (AvgIpc) is 3.62. The normalized spacial score (nSPS) is 12.9. The Morgan fingerprint density at radius 1 is 1.03 bits per heavy atom. The number of nitrogens with one attached hydrogen (secondary N) is 1. The van der Waals surface area contributed by atoms with Crippen LogP contribution in [0, 0.1) is 6.92 Å². The van der Waals surface area contributed by atoms with Crippen molar-refractivity contribution < 1.29 is 14.3 Å². The number of benzene rings is 3.